The molecule has 4 nitrogen and oxygen atoms in total. The van der Waals surface area contributed by atoms with E-state index in [1.807, 2.05) is 18.2 Å². The summed E-state index contributed by atoms with van der Waals surface area (Å²) >= 11 is 0. The maximum absolute atomic E-state index is 11.9. The molecular weight excluding hydrogens is 240 g/mol. The van der Waals surface area contributed by atoms with Crippen molar-refractivity contribution in [3.63, 3.8) is 0 Å². The highest BCUT2D eigenvalue weighted by atomic mass is 16.3. The minimum atomic E-state index is -0.0309. The Morgan fingerprint density at radius 1 is 1.26 bits per heavy atom. The van der Waals surface area contributed by atoms with Gasteiger partial charge in [0.1, 0.15) is 5.76 Å². The Balaban J connectivity index is 1.53. The second kappa shape index (κ2) is 5.10. The van der Waals surface area contributed by atoms with Gasteiger partial charge in [-0.3, -0.25) is 4.79 Å². The van der Waals surface area contributed by atoms with E-state index in [-0.39, 0.29) is 11.8 Å². The number of carbonyl (C=O) groups is 1. The van der Waals surface area contributed by atoms with E-state index in [4.69, 9.17) is 4.42 Å². The van der Waals surface area contributed by atoms with Crippen molar-refractivity contribution in [1.82, 2.24) is 5.43 Å². The SMILES string of the molecule is O=C(N/N=C\c1ccco1)[C@@H]1C[C@H]1c1ccccc1. The molecule has 1 saturated carbocycles. The minimum absolute atomic E-state index is 0.0309. The summed E-state index contributed by atoms with van der Waals surface area (Å²) in [6.07, 6.45) is 3.96. The lowest BCUT2D eigenvalue weighted by Gasteiger charge is -1.99. The second-order valence-corrected chi connectivity index (χ2v) is 4.61. The summed E-state index contributed by atoms with van der Waals surface area (Å²) in [6, 6.07) is 13.6. The molecule has 2 aromatic rings. The maximum atomic E-state index is 11.9. The molecule has 1 aliphatic rings. The third kappa shape index (κ3) is 2.73. The van der Waals surface area contributed by atoms with Crippen LogP contribution in [0.25, 0.3) is 0 Å². The summed E-state index contributed by atoms with van der Waals surface area (Å²) in [4.78, 5) is 11.9. The standard InChI is InChI=1S/C15H14N2O2/c18-15(17-16-10-12-7-4-8-19-12)14-9-13(14)11-5-2-1-3-6-11/h1-8,10,13-14H,9H2,(H,17,18)/b16-10-/t13-,14+/m0/s1. The van der Waals surface area contributed by atoms with Gasteiger partial charge in [-0.15, -0.1) is 0 Å². The molecule has 1 aliphatic carbocycles. The predicted molar refractivity (Wildman–Crippen MR) is 71.7 cm³/mol. The van der Waals surface area contributed by atoms with E-state index in [1.165, 1.54) is 11.8 Å². The van der Waals surface area contributed by atoms with Crippen molar-refractivity contribution in [3.05, 3.63) is 60.1 Å². The van der Waals surface area contributed by atoms with Crippen LogP contribution in [-0.2, 0) is 4.79 Å². The zero-order chi connectivity index (χ0) is 13.1. The molecular formula is C15H14N2O2. The number of amides is 1. The van der Waals surface area contributed by atoms with Crippen molar-refractivity contribution >= 4 is 12.1 Å². The number of furan rings is 1. The van der Waals surface area contributed by atoms with Crippen LogP contribution in [0.3, 0.4) is 0 Å². The smallest absolute Gasteiger partial charge is 0.243 e. The van der Waals surface area contributed by atoms with Gasteiger partial charge in [0, 0.05) is 5.92 Å². The normalized spacial score (nSPS) is 21.5. The van der Waals surface area contributed by atoms with Gasteiger partial charge in [-0.05, 0) is 30.0 Å². The van der Waals surface area contributed by atoms with Gasteiger partial charge in [-0.1, -0.05) is 30.3 Å². The van der Waals surface area contributed by atoms with Crippen LogP contribution < -0.4 is 5.43 Å². The highest BCUT2D eigenvalue weighted by molar-refractivity contribution is 5.84. The average Bonchev–Trinajstić information content (AvgIpc) is 3.09. The summed E-state index contributed by atoms with van der Waals surface area (Å²) in [5.41, 5.74) is 3.77. The van der Waals surface area contributed by atoms with E-state index in [0.29, 0.717) is 11.7 Å². The molecule has 1 N–H and O–H groups in total. The van der Waals surface area contributed by atoms with Gasteiger partial charge in [-0.2, -0.15) is 5.10 Å². The fourth-order valence-electron chi connectivity index (χ4n) is 2.16. The van der Waals surface area contributed by atoms with E-state index in [9.17, 15) is 4.79 Å². The van der Waals surface area contributed by atoms with Gasteiger partial charge in [0.15, 0.2) is 0 Å². The number of nitrogens with one attached hydrogen (secondary N) is 1. The number of nitrogens with zero attached hydrogens (tertiary/aromatic N) is 1. The van der Waals surface area contributed by atoms with Gasteiger partial charge in [-0.25, -0.2) is 5.43 Å². The van der Waals surface area contributed by atoms with Gasteiger partial charge < -0.3 is 4.42 Å². The number of hydrogen-bond acceptors (Lipinski definition) is 3. The van der Waals surface area contributed by atoms with Gasteiger partial charge >= 0.3 is 0 Å². The van der Waals surface area contributed by atoms with E-state index in [1.54, 1.807) is 18.4 Å². The van der Waals surface area contributed by atoms with Crippen LogP contribution >= 0.6 is 0 Å². The van der Waals surface area contributed by atoms with Crippen molar-refractivity contribution in [2.45, 2.75) is 12.3 Å². The molecule has 1 aromatic carbocycles. The minimum Gasteiger partial charge on any atom is -0.463 e. The van der Waals surface area contributed by atoms with Crippen molar-refractivity contribution in [2.75, 3.05) is 0 Å². The summed E-state index contributed by atoms with van der Waals surface area (Å²) in [5, 5.41) is 3.88. The molecule has 1 fully saturated rings. The molecule has 0 aliphatic heterocycles. The number of hydrazone groups is 1. The molecule has 1 amide bonds. The number of benzene rings is 1. The van der Waals surface area contributed by atoms with Gasteiger partial charge in [0.05, 0.1) is 12.5 Å². The van der Waals surface area contributed by atoms with Crippen LogP contribution in [0, 0.1) is 5.92 Å². The quantitative estimate of drug-likeness (QED) is 0.673. The topological polar surface area (TPSA) is 54.6 Å². The van der Waals surface area contributed by atoms with Crippen LogP contribution in [-0.4, -0.2) is 12.1 Å². The first kappa shape index (κ1) is 11.7. The number of rotatable bonds is 4. The molecule has 1 aromatic heterocycles. The Labute approximate surface area is 111 Å². The largest absolute Gasteiger partial charge is 0.463 e. The van der Waals surface area contributed by atoms with E-state index >= 15 is 0 Å². The molecule has 1 heterocycles. The summed E-state index contributed by atoms with van der Waals surface area (Å²) in [6.45, 7) is 0. The lowest BCUT2D eigenvalue weighted by Crippen LogP contribution is -2.20. The lowest BCUT2D eigenvalue weighted by molar-refractivity contribution is -0.122. The fraction of sp³-hybridized carbons (Fsp3) is 0.200. The fourth-order valence-corrected chi connectivity index (χ4v) is 2.16. The Bertz CT molecular complexity index is 575. The summed E-state index contributed by atoms with van der Waals surface area (Å²) < 4.78 is 5.08. The van der Waals surface area contributed by atoms with E-state index in [0.717, 1.165) is 6.42 Å². The first-order valence-corrected chi connectivity index (χ1v) is 6.26. The highest BCUT2D eigenvalue weighted by Gasteiger charge is 2.43. The van der Waals surface area contributed by atoms with Crippen LogP contribution in [0.5, 0.6) is 0 Å². The number of carbonyl (C=O) groups excluding carboxylic acids is 1. The summed E-state index contributed by atoms with van der Waals surface area (Å²) in [5.74, 6) is 0.962. The molecule has 3 rings (SSSR count). The highest BCUT2D eigenvalue weighted by Crippen LogP contribution is 2.47. The second-order valence-electron chi connectivity index (χ2n) is 4.61. The van der Waals surface area contributed by atoms with Gasteiger partial charge in [0.25, 0.3) is 0 Å². The Morgan fingerprint density at radius 3 is 2.84 bits per heavy atom. The number of hydrogen-bond donors (Lipinski definition) is 1. The molecule has 0 unspecified atom stereocenters. The molecule has 4 heteroatoms. The zero-order valence-electron chi connectivity index (χ0n) is 10.3. The molecule has 0 bridgehead atoms. The Hall–Kier alpha value is -2.36. The molecule has 0 saturated heterocycles. The Kier molecular flexibility index (Phi) is 3.14. The average molecular weight is 254 g/mol. The third-order valence-electron chi connectivity index (χ3n) is 3.26. The van der Waals surface area contributed by atoms with Crippen LogP contribution in [0.1, 0.15) is 23.7 Å². The predicted octanol–water partition coefficient (Wildman–Crippen LogP) is 2.53. The van der Waals surface area contributed by atoms with Crippen molar-refractivity contribution < 1.29 is 9.21 Å². The van der Waals surface area contributed by atoms with Gasteiger partial charge in [0.2, 0.25) is 5.91 Å². The van der Waals surface area contributed by atoms with Crippen LogP contribution in [0.2, 0.25) is 0 Å². The first-order chi connectivity index (χ1) is 9.34. The molecule has 96 valence electrons. The maximum Gasteiger partial charge on any atom is 0.243 e. The lowest BCUT2D eigenvalue weighted by atomic mass is 10.1. The molecule has 19 heavy (non-hydrogen) atoms. The van der Waals surface area contributed by atoms with Crippen LogP contribution in [0.15, 0.2) is 58.2 Å². The summed E-state index contributed by atoms with van der Waals surface area (Å²) in [7, 11) is 0. The van der Waals surface area contributed by atoms with Crippen molar-refractivity contribution in [1.29, 1.82) is 0 Å². The monoisotopic (exact) mass is 254 g/mol. The van der Waals surface area contributed by atoms with Crippen molar-refractivity contribution in [2.24, 2.45) is 11.0 Å². The zero-order valence-corrected chi connectivity index (χ0v) is 10.3. The van der Waals surface area contributed by atoms with Crippen molar-refractivity contribution in [3.8, 4) is 0 Å². The van der Waals surface area contributed by atoms with E-state index < -0.39 is 0 Å². The third-order valence-corrected chi connectivity index (χ3v) is 3.26. The Morgan fingerprint density at radius 2 is 2.11 bits per heavy atom. The molecule has 0 spiro atoms. The molecule has 0 radical (unpaired) electrons. The van der Waals surface area contributed by atoms with Crippen LogP contribution in [0.4, 0.5) is 0 Å². The molecule has 2 atom stereocenters. The van der Waals surface area contributed by atoms with E-state index in [2.05, 4.69) is 22.7 Å². The first-order valence-electron chi connectivity index (χ1n) is 6.26.